The summed E-state index contributed by atoms with van der Waals surface area (Å²) < 4.78 is 6.61. The van der Waals surface area contributed by atoms with E-state index in [1.54, 1.807) is 0 Å². The normalized spacial score (nSPS) is 23.4. The van der Waals surface area contributed by atoms with Crippen LogP contribution in [0.3, 0.4) is 0 Å². The molecule has 0 spiro atoms. The Bertz CT molecular complexity index is 1130. The molecule has 2 aliphatic carbocycles. The molecule has 186 valence electrons. The molecule has 0 bridgehead atoms. The van der Waals surface area contributed by atoms with Crippen molar-refractivity contribution in [2.24, 2.45) is 16.8 Å². The zero-order valence-electron chi connectivity index (χ0n) is 21.3. The average molecular weight is 479 g/mol. The van der Waals surface area contributed by atoms with Crippen LogP contribution in [-0.2, 0) is 4.74 Å². The van der Waals surface area contributed by atoms with E-state index in [1.165, 1.54) is 75.5 Å². The number of pyridine rings is 1. The summed E-state index contributed by atoms with van der Waals surface area (Å²) in [6.45, 7) is 0. The Morgan fingerprint density at radius 1 is 0.611 bits per heavy atom. The van der Waals surface area contributed by atoms with E-state index >= 15 is 0 Å². The number of ether oxygens (including phenoxy) is 1. The van der Waals surface area contributed by atoms with Crippen molar-refractivity contribution in [2.45, 2.75) is 82.3 Å². The molecule has 0 saturated heterocycles. The summed E-state index contributed by atoms with van der Waals surface area (Å²) in [6, 6.07) is 27.5. The number of nitrogens with zero attached hydrogens (tertiary/aromatic N) is 2. The van der Waals surface area contributed by atoms with Crippen molar-refractivity contribution in [3.8, 4) is 0 Å². The van der Waals surface area contributed by atoms with Crippen LogP contribution < -0.4 is 0 Å². The SMILES string of the molecule is c1ccc([C@@H]2N=C(c3cccc(C(C4CCCCC4)C4CCCCC4)n3)O[C@H]2c2ccccc2)cc1. The summed E-state index contributed by atoms with van der Waals surface area (Å²) in [4.78, 5) is 10.4. The second kappa shape index (κ2) is 11.0. The molecule has 3 heteroatoms. The Kier molecular flexibility index (Phi) is 7.16. The van der Waals surface area contributed by atoms with E-state index in [0.717, 1.165) is 23.1 Å². The van der Waals surface area contributed by atoms with Crippen molar-refractivity contribution in [2.75, 3.05) is 0 Å². The third-order valence-corrected chi connectivity index (χ3v) is 8.70. The van der Waals surface area contributed by atoms with Crippen molar-refractivity contribution in [1.82, 2.24) is 4.98 Å². The second-order valence-corrected chi connectivity index (χ2v) is 11.0. The lowest BCUT2D eigenvalue weighted by Crippen LogP contribution is -2.26. The molecule has 0 unspecified atom stereocenters. The standard InChI is InChI=1S/C33H38N2O/c1-5-14-24(15-6-1)30(25-16-7-2-8-17-25)28-22-13-23-29(34-28)33-35-31(26-18-9-3-10-19-26)32(36-33)27-20-11-4-12-21-27/h3-4,9-13,18-25,30-32H,1-2,5-8,14-17H2/t31-,32-/m0/s1. The summed E-state index contributed by atoms with van der Waals surface area (Å²) in [7, 11) is 0. The van der Waals surface area contributed by atoms with Gasteiger partial charge in [0.15, 0.2) is 6.10 Å². The van der Waals surface area contributed by atoms with Crippen molar-refractivity contribution in [3.05, 3.63) is 101 Å². The van der Waals surface area contributed by atoms with Gasteiger partial charge in [-0.1, -0.05) is 105 Å². The molecule has 0 radical (unpaired) electrons. The molecular formula is C33H38N2O. The molecule has 3 aromatic rings. The summed E-state index contributed by atoms with van der Waals surface area (Å²) in [5.74, 6) is 2.79. The van der Waals surface area contributed by atoms with Gasteiger partial charge in [-0.25, -0.2) is 9.98 Å². The summed E-state index contributed by atoms with van der Waals surface area (Å²) >= 11 is 0. The minimum Gasteiger partial charge on any atom is -0.465 e. The van der Waals surface area contributed by atoms with Crippen molar-refractivity contribution < 1.29 is 4.74 Å². The first-order valence-electron chi connectivity index (χ1n) is 14.2. The molecule has 36 heavy (non-hydrogen) atoms. The van der Waals surface area contributed by atoms with E-state index in [-0.39, 0.29) is 12.1 Å². The molecule has 2 heterocycles. The fourth-order valence-corrected chi connectivity index (χ4v) is 6.94. The van der Waals surface area contributed by atoms with E-state index < -0.39 is 0 Å². The van der Waals surface area contributed by atoms with E-state index in [2.05, 4.69) is 78.9 Å². The highest BCUT2D eigenvalue weighted by molar-refractivity contribution is 5.93. The molecule has 2 saturated carbocycles. The largest absolute Gasteiger partial charge is 0.465 e. The Hall–Kier alpha value is -2.94. The van der Waals surface area contributed by atoms with Crippen LogP contribution in [0, 0.1) is 11.8 Å². The first-order valence-corrected chi connectivity index (χ1v) is 14.2. The molecule has 0 amide bonds. The molecule has 3 aliphatic rings. The molecule has 2 fully saturated rings. The maximum absolute atomic E-state index is 6.61. The summed E-state index contributed by atoms with van der Waals surface area (Å²) in [5, 5.41) is 0. The highest BCUT2D eigenvalue weighted by Gasteiger charge is 2.36. The highest BCUT2D eigenvalue weighted by atomic mass is 16.5. The van der Waals surface area contributed by atoms with Gasteiger partial charge in [0, 0.05) is 11.6 Å². The van der Waals surface area contributed by atoms with Crippen LogP contribution in [0.15, 0.2) is 83.9 Å². The Balaban J connectivity index is 1.34. The number of hydrogen-bond donors (Lipinski definition) is 0. The third kappa shape index (κ3) is 4.98. The molecular weight excluding hydrogens is 440 g/mol. The van der Waals surface area contributed by atoms with Crippen molar-refractivity contribution >= 4 is 5.90 Å². The Labute approximate surface area is 216 Å². The number of aromatic nitrogens is 1. The van der Waals surface area contributed by atoms with Crippen molar-refractivity contribution in [1.29, 1.82) is 0 Å². The zero-order chi connectivity index (χ0) is 24.2. The topological polar surface area (TPSA) is 34.5 Å². The first-order chi connectivity index (χ1) is 17.9. The van der Waals surface area contributed by atoms with E-state index in [0.29, 0.717) is 11.8 Å². The maximum atomic E-state index is 6.61. The summed E-state index contributed by atoms with van der Waals surface area (Å²) in [6.07, 6.45) is 13.6. The van der Waals surface area contributed by atoms with Gasteiger partial charge in [0.1, 0.15) is 11.7 Å². The highest BCUT2D eigenvalue weighted by Crippen LogP contribution is 2.46. The molecule has 1 aromatic heterocycles. The van der Waals surface area contributed by atoms with Gasteiger partial charge in [-0.05, 0) is 60.8 Å². The van der Waals surface area contributed by atoms with Gasteiger partial charge in [0.25, 0.3) is 0 Å². The number of hydrogen-bond acceptors (Lipinski definition) is 3. The number of benzene rings is 2. The lowest BCUT2D eigenvalue weighted by atomic mass is 9.68. The van der Waals surface area contributed by atoms with Gasteiger partial charge >= 0.3 is 0 Å². The minimum atomic E-state index is -0.137. The fraction of sp³-hybridized carbons (Fsp3) is 0.455. The number of aliphatic imine (C=N–C) groups is 1. The quantitative estimate of drug-likeness (QED) is 0.355. The number of rotatable bonds is 6. The fourth-order valence-electron chi connectivity index (χ4n) is 6.94. The minimum absolute atomic E-state index is 0.0680. The van der Waals surface area contributed by atoms with Crippen LogP contribution in [0.2, 0.25) is 0 Å². The summed E-state index contributed by atoms with van der Waals surface area (Å²) in [5.41, 5.74) is 4.50. The van der Waals surface area contributed by atoms with Crippen LogP contribution in [0.25, 0.3) is 0 Å². The third-order valence-electron chi connectivity index (χ3n) is 8.70. The first kappa shape index (κ1) is 23.5. The van der Waals surface area contributed by atoms with Gasteiger partial charge in [-0.15, -0.1) is 0 Å². The molecule has 6 rings (SSSR count). The average Bonchev–Trinajstić information content (AvgIpc) is 3.41. The van der Waals surface area contributed by atoms with Gasteiger partial charge in [-0.3, -0.25) is 0 Å². The van der Waals surface area contributed by atoms with Crippen LogP contribution in [0.1, 0.15) is 105 Å². The second-order valence-electron chi connectivity index (χ2n) is 11.0. The molecule has 3 nitrogen and oxygen atoms in total. The smallest absolute Gasteiger partial charge is 0.236 e. The van der Waals surface area contributed by atoms with Gasteiger partial charge < -0.3 is 4.74 Å². The van der Waals surface area contributed by atoms with Crippen LogP contribution >= 0.6 is 0 Å². The van der Waals surface area contributed by atoms with Crippen LogP contribution in [0.4, 0.5) is 0 Å². The maximum Gasteiger partial charge on any atom is 0.236 e. The Morgan fingerprint density at radius 3 is 1.81 bits per heavy atom. The van der Waals surface area contributed by atoms with E-state index in [9.17, 15) is 0 Å². The predicted octanol–water partition coefficient (Wildman–Crippen LogP) is 8.59. The lowest BCUT2D eigenvalue weighted by molar-refractivity contribution is 0.194. The predicted molar refractivity (Wildman–Crippen MR) is 146 cm³/mol. The van der Waals surface area contributed by atoms with Gasteiger partial charge in [-0.2, -0.15) is 0 Å². The van der Waals surface area contributed by atoms with Crippen LogP contribution in [-0.4, -0.2) is 10.9 Å². The Morgan fingerprint density at radius 2 is 1.19 bits per heavy atom. The van der Waals surface area contributed by atoms with Gasteiger partial charge in [0.05, 0.1) is 0 Å². The zero-order valence-corrected chi connectivity index (χ0v) is 21.3. The monoisotopic (exact) mass is 478 g/mol. The van der Waals surface area contributed by atoms with Gasteiger partial charge in [0.2, 0.25) is 5.90 Å². The van der Waals surface area contributed by atoms with E-state index in [1.807, 2.05) is 0 Å². The molecule has 1 aliphatic heterocycles. The lowest BCUT2D eigenvalue weighted by Gasteiger charge is -2.37. The molecule has 2 atom stereocenters. The van der Waals surface area contributed by atoms with Crippen molar-refractivity contribution in [3.63, 3.8) is 0 Å². The molecule has 0 N–H and O–H groups in total. The molecule has 2 aromatic carbocycles. The van der Waals surface area contributed by atoms with E-state index in [4.69, 9.17) is 14.7 Å². The van der Waals surface area contributed by atoms with Crippen LogP contribution in [0.5, 0.6) is 0 Å².